The predicted octanol–water partition coefficient (Wildman–Crippen LogP) is 0.403. The normalized spacial score (nSPS) is 37.2. The van der Waals surface area contributed by atoms with Crippen molar-refractivity contribution in [2.24, 2.45) is 22.7 Å². The molecule has 0 saturated heterocycles. The van der Waals surface area contributed by atoms with Crippen molar-refractivity contribution in [1.29, 1.82) is 0 Å². The van der Waals surface area contributed by atoms with E-state index < -0.39 is 17.5 Å². The van der Waals surface area contributed by atoms with Crippen LogP contribution in [0.25, 0.3) is 0 Å². The number of cyclic esters (lactones) is 1. The second-order valence-corrected chi connectivity index (χ2v) is 8.57. The van der Waals surface area contributed by atoms with Crippen molar-refractivity contribution in [2.45, 2.75) is 58.5 Å². The number of fused-ring (bicyclic) bond motifs is 1. The van der Waals surface area contributed by atoms with E-state index in [0.29, 0.717) is 18.4 Å². The van der Waals surface area contributed by atoms with Gasteiger partial charge in [-0.2, -0.15) is 0 Å². The second kappa shape index (κ2) is 9.37. The van der Waals surface area contributed by atoms with Crippen LogP contribution in [-0.4, -0.2) is 57.0 Å². The van der Waals surface area contributed by atoms with Crippen LogP contribution in [0, 0.1) is 22.7 Å². The van der Waals surface area contributed by atoms with Crippen molar-refractivity contribution >= 4 is 5.97 Å². The molecule has 2 fully saturated rings. The molecule has 0 spiro atoms. The van der Waals surface area contributed by atoms with Gasteiger partial charge in [-0.1, -0.05) is 26.0 Å². The van der Waals surface area contributed by atoms with Gasteiger partial charge in [0.2, 0.25) is 0 Å². The lowest BCUT2D eigenvalue weighted by molar-refractivity contribution is -0.152. The Kier molecular flexibility index (Phi) is 8.88. The van der Waals surface area contributed by atoms with Gasteiger partial charge in [-0.05, 0) is 55.8 Å². The number of hydrogen-bond donors (Lipinski definition) is 3. The van der Waals surface area contributed by atoms with E-state index in [4.69, 9.17) is 4.74 Å². The number of esters is 1. The third-order valence-corrected chi connectivity index (χ3v) is 7.31. The Morgan fingerprint density at radius 3 is 2.39 bits per heavy atom. The van der Waals surface area contributed by atoms with E-state index in [1.54, 1.807) is 0 Å². The van der Waals surface area contributed by atoms with Crippen molar-refractivity contribution in [3.63, 3.8) is 0 Å². The Morgan fingerprint density at radius 2 is 1.86 bits per heavy atom. The Bertz CT molecular complexity index is 615. The first-order valence-electron chi connectivity index (χ1n) is 9.28. The van der Waals surface area contributed by atoms with Crippen molar-refractivity contribution in [3.8, 4) is 0 Å². The maximum absolute atomic E-state index is 11.8. The molecule has 0 amide bonds. The minimum absolute atomic E-state index is 0. The molecule has 0 aromatic carbocycles. The van der Waals surface area contributed by atoms with Crippen LogP contribution < -0.4 is 0 Å². The fourth-order valence-corrected chi connectivity index (χ4v) is 5.69. The minimum atomic E-state index is -0.500. The maximum atomic E-state index is 11.8. The lowest BCUT2D eigenvalue weighted by Gasteiger charge is -2.60. The molecular weight excluding hydrogens is 368 g/mol. The van der Waals surface area contributed by atoms with Crippen LogP contribution in [0.5, 0.6) is 0 Å². The van der Waals surface area contributed by atoms with Gasteiger partial charge in [-0.15, -0.1) is 0 Å². The molecule has 8 heteroatoms. The van der Waals surface area contributed by atoms with Gasteiger partial charge in [0.25, 0.3) is 0 Å². The summed E-state index contributed by atoms with van der Waals surface area (Å²) < 4.78 is 4.89. The average Bonchev–Trinajstić information content (AvgIpc) is 2.89. The van der Waals surface area contributed by atoms with E-state index in [-0.39, 0.29) is 52.7 Å². The molecule has 2 saturated carbocycles. The molecule has 5 atom stereocenters. The van der Waals surface area contributed by atoms with Crippen molar-refractivity contribution in [2.75, 3.05) is 13.2 Å². The zero-order valence-corrected chi connectivity index (χ0v) is 16.8. The first-order chi connectivity index (χ1) is 11.7. The monoisotopic (exact) mass is 404 g/mol. The topological polar surface area (TPSA) is 181 Å². The summed E-state index contributed by atoms with van der Waals surface area (Å²) >= 11 is 0. The summed E-state index contributed by atoms with van der Waals surface area (Å²) in [4.78, 5) is 11.8. The van der Waals surface area contributed by atoms with E-state index in [9.17, 15) is 20.1 Å². The first-order valence-corrected chi connectivity index (χ1v) is 9.28. The summed E-state index contributed by atoms with van der Waals surface area (Å²) in [7, 11) is 0. The SMILES string of the molecule is C=C1CC[C@@H]2[C@](C)(CO)[C@H](O)CC[C@@]2(C)[C@@H]1CCC1=C(O)COC1=O.O.O.O. The molecule has 9 N–H and O–H groups in total. The molecule has 0 unspecified atom stereocenters. The van der Waals surface area contributed by atoms with E-state index in [0.717, 1.165) is 25.7 Å². The maximum Gasteiger partial charge on any atom is 0.337 e. The average molecular weight is 405 g/mol. The predicted molar refractivity (Wildman–Crippen MR) is 105 cm³/mol. The molecule has 3 aliphatic rings. The van der Waals surface area contributed by atoms with Crippen LogP contribution in [-0.2, 0) is 9.53 Å². The Hall–Kier alpha value is -1.45. The number of carbonyl (C=O) groups is 1. The van der Waals surface area contributed by atoms with Gasteiger partial charge >= 0.3 is 5.97 Å². The van der Waals surface area contributed by atoms with Crippen LogP contribution >= 0.6 is 0 Å². The summed E-state index contributed by atoms with van der Waals surface area (Å²) in [6.45, 7) is 8.48. The molecule has 0 aromatic heterocycles. The Morgan fingerprint density at radius 1 is 1.21 bits per heavy atom. The number of ether oxygens (including phenoxy) is 1. The van der Waals surface area contributed by atoms with Crippen molar-refractivity contribution < 1.29 is 41.3 Å². The van der Waals surface area contributed by atoms with Gasteiger partial charge in [-0.25, -0.2) is 4.79 Å². The zero-order valence-electron chi connectivity index (χ0n) is 16.8. The number of aliphatic hydroxyl groups excluding tert-OH is 3. The van der Waals surface area contributed by atoms with Gasteiger partial charge in [0.15, 0.2) is 0 Å². The molecular formula is C20H36O8. The summed E-state index contributed by atoms with van der Waals surface area (Å²) in [6.07, 6.45) is 4.09. The van der Waals surface area contributed by atoms with E-state index >= 15 is 0 Å². The number of hydrogen-bond acceptors (Lipinski definition) is 5. The molecule has 0 radical (unpaired) electrons. The standard InChI is InChI=1S/C20H30O5.3H2O/c1-12-4-7-16-19(2,9-8-17(23)20(16,3)11-21)14(12)6-5-13-15(22)10-25-18(13)24;;;/h14,16-17,21-23H,1,4-11H2,2-3H3;3*1H2/t14-,16+,17-,19+,20+;;;/m1.../s1. The third-order valence-electron chi connectivity index (χ3n) is 7.31. The highest BCUT2D eigenvalue weighted by molar-refractivity contribution is 5.91. The van der Waals surface area contributed by atoms with Crippen LogP contribution in [0.1, 0.15) is 52.4 Å². The van der Waals surface area contributed by atoms with Crippen molar-refractivity contribution in [1.82, 2.24) is 0 Å². The van der Waals surface area contributed by atoms with Crippen LogP contribution in [0.15, 0.2) is 23.5 Å². The highest BCUT2D eigenvalue weighted by Gasteiger charge is 2.57. The fraction of sp³-hybridized carbons (Fsp3) is 0.750. The van der Waals surface area contributed by atoms with E-state index in [2.05, 4.69) is 13.5 Å². The van der Waals surface area contributed by atoms with Crippen molar-refractivity contribution in [3.05, 3.63) is 23.5 Å². The zero-order chi connectivity index (χ0) is 18.4. The molecule has 2 aliphatic carbocycles. The second-order valence-electron chi connectivity index (χ2n) is 8.57. The Balaban J connectivity index is 0.00000243. The number of aliphatic hydroxyl groups is 3. The van der Waals surface area contributed by atoms with E-state index in [1.165, 1.54) is 5.57 Å². The summed E-state index contributed by atoms with van der Waals surface area (Å²) in [5, 5.41) is 30.4. The molecule has 0 bridgehead atoms. The number of rotatable bonds is 4. The molecule has 164 valence electrons. The van der Waals surface area contributed by atoms with Gasteiger partial charge < -0.3 is 36.5 Å². The lowest BCUT2D eigenvalue weighted by Crippen LogP contribution is -2.57. The number of carbonyl (C=O) groups excluding carboxylic acids is 1. The molecule has 1 heterocycles. The van der Waals surface area contributed by atoms with Gasteiger partial charge in [0.1, 0.15) is 12.4 Å². The van der Waals surface area contributed by atoms with Crippen LogP contribution in [0.3, 0.4) is 0 Å². The summed E-state index contributed by atoms with van der Waals surface area (Å²) in [5.74, 6) is 0.0490. The first kappa shape index (κ1) is 26.6. The van der Waals surface area contributed by atoms with Gasteiger partial charge in [0, 0.05) is 5.41 Å². The smallest absolute Gasteiger partial charge is 0.337 e. The molecule has 8 nitrogen and oxygen atoms in total. The van der Waals surface area contributed by atoms with Gasteiger partial charge in [0.05, 0.1) is 18.3 Å². The molecule has 1 aliphatic heterocycles. The summed E-state index contributed by atoms with van der Waals surface area (Å²) in [6, 6.07) is 0. The molecule has 28 heavy (non-hydrogen) atoms. The minimum Gasteiger partial charge on any atom is -0.508 e. The fourth-order valence-electron chi connectivity index (χ4n) is 5.69. The summed E-state index contributed by atoms with van der Waals surface area (Å²) in [5.41, 5.74) is 1.01. The molecule has 0 aromatic rings. The van der Waals surface area contributed by atoms with E-state index in [1.807, 2.05) is 6.92 Å². The highest BCUT2D eigenvalue weighted by Crippen LogP contribution is 2.61. The lowest BCUT2D eigenvalue weighted by atomic mass is 9.46. The molecule has 3 rings (SSSR count). The highest BCUT2D eigenvalue weighted by atomic mass is 16.5. The van der Waals surface area contributed by atoms with Crippen LogP contribution in [0.2, 0.25) is 0 Å². The third kappa shape index (κ3) is 3.97. The quantitative estimate of drug-likeness (QED) is 0.452. The van der Waals surface area contributed by atoms with Crippen LogP contribution in [0.4, 0.5) is 0 Å². The number of allylic oxidation sites excluding steroid dienone is 1. The van der Waals surface area contributed by atoms with Gasteiger partial charge in [-0.3, -0.25) is 0 Å². The Labute approximate surface area is 165 Å². The largest absolute Gasteiger partial charge is 0.508 e.